The van der Waals surface area contributed by atoms with Gasteiger partial charge in [0.05, 0.1) is 0 Å². The van der Waals surface area contributed by atoms with E-state index in [1.807, 2.05) is 0 Å². The van der Waals surface area contributed by atoms with Crippen LogP contribution in [0.15, 0.2) is 0 Å². The molecule has 1 saturated heterocycles. The lowest BCUT2D eigenvalue weighted by Crippen LogP contribution is -2.41. The highest BCUT2D eigenvalue weighted by atomic mass is 16.2. The van der Waals surface area contributed by atoms with Crippen molar-refractivity contribution in [1.82, 2.24) is 4.90 Å². The molecule has 1 aliphatic rings. The Bertz CT molecular complexity index is 179. The number of carbonyl (C=O) groups is 2. The van der Waals surface area contributed by atoms with Crippen molar-refractivity contribution >= 4 is 11.7 Å². The number of rotatable bonds is 1. The fourth-order valence-electron chi connectivity index (χ4n) is 1.17. The zero-order valence-corrected chi connectivity index (χ0v) is 5.83. The van der Waals surface area contributed by atoms with Gasteiger partial charge < -0.3 is 5.73 Å². The lowest BCUT2D eigenvalue weighted by molar-refractivity contribution is -0.129. The van der Waals surface area contributed by atoms with Crippen LogP contribution in [0, 0.1) is 0 Å². The van der Waals surface area contributed by atoms with E-state index in [0.29, 0.717) is 13.0 Å². The van der Waals surface area contributed by atoms with E-state index in [1.165, 1.54) is 0 Å². The Morgan fingerprint density at radius 1 is 1.80 bits per heavy atom. The number of primary amides is 1. The molecule has 0 radical (unpaired) electrons. The SMILES string of the molecule is CN1CCC(=O)[C@H]1C(N)=O. The van der Waals surface area contributed by atoms with Crippen LogP contribution in [-0.4, -0.2) is 36.2 Å². The molecule has 0 aromatic carbocycles. The first-order valence-corrected chi connectivity index (χ1v) is 3.15. The molecule has 0 unspecified atom stereocenters. The van der Waals surface area contributed by atoms with Crippen molar-refractivity contribution in [3.63, 3.8) is 0 Å². The van der Waals surface area contributed by atoms with Gasteiger partial charge in [-0.2, -0.15) is 0 Å². The highest BCUT2D eigenvalue weighted by Crippen LogP contribution is 2.09. The largest absolute Gasteiger partial charge is 0.368 e. The Kier molecular flexibility index (Phi) is 1.72. The summed E-state index contributed by atoms with van der Waals surface area (Å²) in [4.78, 5) is 23.1. The number of likely N-dealkylation sites (tertiary alicyclic amines) is 1. The molecular formula is C6H10N2O2. The minimum atomic E-state index is -0.667. The van der Waals surface area contributed by atoms with Gasteiger partial charge in [0.25, 0.3) is 0 Å². The summed E-state index contributed by atoms with van der Waals surface area (Å²) in [7, 11) is 1.72. The van der Waals surface area contributed by atoms with E-state index in [2.05, 4.69) is 0 Å². The van der Waals surface area contributed by atoms with Crippen molar-refractivity contribution in [2.45, 2.75) is 12.5 Å². The highest BCUT2D eigenvalue weighted by Gasteiger charge is 2.33. The van der Waals surface area contributed by atoms with Gasteiger partial charge in [-0.3, -0.25) is 14.5 Å². The van der Waals surface area contributed by atoms with E-state index in [4.69, 9.17) is 5.73 Å². The van der Waals surface area contributed by atoms with Crippen LogP contribution in [0.25, 0.3) is 0 Å². The quantitative estimate of drug-likeness (QED) is 0.465. The Morgan fingerprint density at radius 3 is 2.60 bits per heavy atom. The van der Waals surface area contributed by atoms with E-state index < -0.39 is 11.9 Å². The summed E-state index contributed by atoms with van der Waals surface area (Å²) in [6, 6.07) is -0.667. The number of hydrogen-bond acceptors (Lipinski definition) is 3. The molecule has 0 aliphatic carbocycles. The smallest absolute Gasteiger partial charge is 0.242 e. The summed E-state index contributed by atoms with van der Waals surface area (Å²) in [5.74, 6) is -0.597. The average Bonchev–Trinajstić information content (AvgIpc) is 2.11. The van der Waals surface area contributed by atoms with Crippen LogP contribution < -0.4 is 5.73 Å². The molecular weight excluding hydrogens is 132 g/mol. The molecule has 1 heterocycles. The molecule has 1 rings (SSSR count). The van der Waals surface area contributed by atoms with Gasteiger partial charge in [-0.1, -0.05) is 0 Å². The molecule has 0 saturated carbocycles. The van der Waals surface area contributed by atoms with Gasteiger partial charge in [0.1, 0.15) is 6.04 Å². The molecule has 0 aromatic rings. The Labute approximate surface area is 59.0 Å². The van der Waals surface area contributed by atoms with Crippen LogP contribution in [0.4, 0.5) is 0 Å². The molecule has 56 valence electrons. The second kappa shape index (κ2) is 2.38. The third-order valence-corrected chi connectivity index (χ3v) is 1.73. The second-order valence-corrected chi connectivity index (χ2v) is 2.50. The summed E-state index contributed by atoms with van der Waals surface area (Å²) in [5.41, 5.74) is 4.98. The third-order valence-electron chi connectivity index (χ3n) is 1.73. The maximum absolute atomic E-state index is 10.9. The van der Waals surface area contributed by atoms with Gasteiger partial charge in [0.15, 0.2) is 5.78 Å². The van der Waals surface area contributed by atoms with Crippen LogP contribution in [0.1, 0.15) is 6.42 Å². The molecule has 4 heteroatoms. The van der Waals surface area contributed by atoms with E-state index in [0.717, 1.165) is 0 Å². The molecule has 1 fully saturated rings. The van der Waals surface area contributed by atoms with E-state index >= 15 is 0 Å². The first-order chi connectivity index (χ1) is 4.63. The van der Waals surface area contributed by atoms with Crippen molar-refractivity contribution < 1.29 is 9.59 Å². The fourth-order valence-corrected chi connectivity index (χ4v) is 1.17. The molecule has 10 heavy (non-hydrogen) atoms. The molecule has 1 aliphatic heterocycles. The number of Topliss-reactive ketones (excluding diaryl/α,β-unsaturated/α-hetero) is 1. The monoisotopic (exact) mass is 142 g/mol. The minimum Gasteiger partial charge on any atom is -0.368 e. The van der Waals surface area contributed by atoms with Crippen molar-refractivity contribution in [3.05, 3.63) is 0 Å². The molecule has 1 atom stereocenters. The van der Waals surface area contributed by atoms with Crippen molar-refractivity contribution in [2.75, 3.05) is 13.6 Å². The van der Waals surface area contributed by atoms with Gasteiger partial charge >= 0.3 is 0 Å². The number of hydrogen-bond donors (Lipinski definition) is 1. The zero-order chi connectivity index (χ0) is 7.72. The van der Waals surface area contributed by atoms with Crippen LogP contribution in [0.2, 0.25) is 0 Å². The molecule has 4 nitrogen and oxygen atoms in total. The van der Waals surface area contributed by atoms with Crippen molar-refractivity contribution in [3.8, 4) is 0 Å². The number of nitrogens with two attached hydrogens (primary N) is 1. The number of nitrogens with zero attached hydrogens (tertiary/aromatic N) is 1. The molecule has 1 amide bonds. The van der Waals surface area contributed by atoms with Gasteiger partial charge in [-0.25, -0.2) is 0 Å². The second-order valence-electron chi connectivity index (χ2n) is 2.50. The summed E-state index contributed by atoms with van der Waals surface area (Å²) >= 11 is 0. The third kappa shape index (κ3) is 1.02. The number of carbonyl (C=O) groups excluding carboxylic acids is 2. The molecule has 0 spiro atoms. The standard InChI is InChI=1S/C6H10N2O2/c1-8-3-2-4(9)5(8)6(7)10/h5H,2-3H2,1H3,(H2,7,10)/t5-/m0/s1. The summed E-state index contributed by atoms with van der Waals surface area (Å²) < 4.78 is 0. The van der Waals surface area contributed by atoms with Gasteiger partial charge in [-0.15, -0.1) is 0 Å². The lowest BCUT2D eigenvalue weighted by Gasteiger charge is -2.12. The van der Waals surface area contributed by atoms with Gasteiger partial charge in [-0.05, 0) is 7.05 Å². The molecule has 0 aromatic heterocycles. The van der Waals surface area contributed by atoms with Crippen molar-refractivity contribution in [1.29, 1.82) is 0 Å². The first kappa shape index (κ1) is 7.21. The summed E-state index contributed by atoms with van der Waals surface area (Å²) in [6.45, 7) is 0.645. The Balaban J connectivity index is 2.72. The topological polar surface area (TPSA) is 63.4 Å². The fraction of sp³-hybridized carbons (Fsp3) is 0.667. The van der Waals surface area contributed by atoms with Crippen molar-refractivity contribution in [2.24, 2.45) is 5.73 Å². The predicted octanol–water partition coefficient (Wildman–Crippen LogP) is -1.26. The predicted molar refractivity (Wildman–Crippen MR) is 35.2 cm³/mol. The Hall–Kier alpha value is -0.900. The van der Waals surface area contributed by atoms with E-state index in [1.54, 1.807) is 11.9 Å². The van der Waals surface area contributed by atoms with Gasteiger partial charge in [0.2, 0.25) is 5.91 Å². The maximum Gasteiger partial charge on any atom is 0.242 e. The lowest BCUT2D eigenvalue weighted by atomic mass is 10.2. The first-order valence-electron chi connectivity index (χ1n) is 3.15. The number of likely N-dealkylation sites (N-methyl/N-ethyl adjacent to an activating group) is 1. The Morgan fingerprint density at radius 2 is 2.40 bits per heavy atom. The van der Waals surface area contributed by atoms with Crippen LogP contribution in [-0.2, 0) is 9.59 Å². The average molecular weight is 142 g/mol. The normalized spacial score (nSPS) is 27.3. The number of amides is 1. The summed E-state index contributed by atoms with van der Waals surface area (Å²) in [5, 5.41) is 0. The zero-order valence-electron chi connectivity index (χ0n) is 5.83. The minimum absolute atomic E-state index is 0.0602. The number of ketones is 1. The van der Waals surface area contributed by atoms with Crippen LogP contribution >= 0.6 is 0 Å². The highest BCUT2D eigenvalue weighted by molar-refractivity contribution is 6.06. The van der Waals surface area contributed by atoms with Crippen LogP contribution in [0.5, 0.6) is 0 Å². The maximum atomic E-state index is 10.9. The van der Waals surface area contributed by atoms with E-state index in [9.17, 15) is 9.59 Å². The van der Waals surface area contributed by atoms with Crippen LogP contribution in [0.3, 0.4) is 0 Å². The summed E-state index contributed by atoms with van der Waals surface area (Å²) in [6.07, 6.45) is 0.449. The molecule has 2 N–H and O–H groups in total. The molecule has 0 bridgehead atoms. The van der Waals surface area contributed by atoms with E-state index in [-0.39, 0.29) is 5.78 Å². The van der Waals surface area contributed by atoms with Gasteiger partial charge in [0, 0.05) is 13.0 Å².